The second kappa shape index (κ2) is 7.20. The molecule has 1 aromatic carbocycles. The van der Waals surface area contributed by atoms with Crippen LogP contribution in [0.5, 0.6) is 5.75 Å². The molecule has 1 saturated heterocycles. The molecule has 2 heterocycles. The molecule has 2 aliphatic heterocycles. The fourth-order valence-electron chi connectivity index (χ4n) is 3.61. The van der Waals surface area contributed by atoms with E-state index in [-0.39, 0.29) is 46.5 Å². The van der Waals surface area contributed by atoms with Gasteiger partial charge in [-0.1, -0.05) is 18.0 Å². The highest BCUT2D eigenvalue weighted by molar-refractivity contribution is 7.89. The summed E-state index contributed by atoms with van der Waals surface area (Å²) < 4.78 is 33.1. The Labute approximate surface area is 168 Å². The highest BCUT2D eigenvalue weighted by Gasteiger charge is 2.36. The van der Waals surface area contributed by atoms with Gasteiger partial charge in [-0.25, -0.2) is 8.42 Å². The van der Waals surface area contributed by atoms with E-state index in [4.69, 9.17) is 16.3 Å². The number of carbonyl (C=O) groups excluding carboxylic acids is 2. The van der Waals surface area contributed by atoms with Gasteiger partial charge in [0.15, 0.2) is 6.10 Å². The second-order valence-corrected chi connectivity index (χ2v) is 9.70. The van der Waals surface area contributed by atoms with Crippen molar-refractivity contribution in [1.29, 1.82) is 0 Å². The third-order valence-corrected chi connectivity index (χ3v) is 7.95. The molecule has 2 amide bonds. The van der Waals surface area contributed by atoms with Crippen molar-refractivity contribution in [2.24, 2.45) is 5.92 Å². The molecule has 2 fully saturated rings. The van der Waals surface area contributed by atoms with Crippen LogP contribution in [0.4, 0.5) is 5.69 Å². The summed E-state index contributed by atoms with van der Waals surface area (Å²) in [4.78, 5) is 25.8. The number of sulfonamides is 1. The van der Waals surface area contributed by atoms with Crippen LogP contribution in [0.2, 0.25) is 5.02 Å². The van der Waals surface area contributed by atoms with Gasteiger partial charge < -0.3 is 15.0 Å². The smallest absolute Gasteiger partial charge is 0.265 e. The quantitative estimate of drug-likeness (QED) is 0.791. The molecule has 8 nitrogen and oxygen atoms in total. The lowest BCUT2D eigenvalue weighted by Crippen LogP contribution is -2.52. The third kappa shape index (κ3) is 3.35. The number of hydrogen-bond donors (Lipinski definition) is 1. The number of ether oxygens (including phenoxy) is 1. The largest absolute Gasteiger partial charge is 0.479 e. The summed E-state index contributed by atoms with van der Waals surface area (Å²) in [5.74, 6) is 0.195. The van der Waals surface area contributed by atoms with Crippen LogP contribution < -0.4 is 10.1 Å². The van der Waals surface area contributed by atoms with Crippen molar-refractivity contribution >= 4 is 39.1 Å². The molecule has 3 aliphatic rings. The molecule has 1 aliphatic carbocycles. The highest BCUT2D eigenvalue weighted by atomic mass is 35.5. The van der Waals surface area contributed by atoms with Gasteiger partial charge in [0.05, 0.1) is 10.7 Å². The van der Waals surface area contributed by atoms with E-state index in [9.17, 15) is 18.0 Å². The maximum absolute atomic E-state index is 13.1. The number of rotatable bonds is 3. The van der Waals surface area contributed by atoms with Crippen molar-refractivity contribution < 1.29 is 22.7 Å². The number of carbonyl (C=O) groups is 2. The van der Waals surface area contributed by atoms with E-state index in [1.54, 1.807) is 11.8 Å². The van der Waals surface area contributed by atoms with Crippen molar-refractivity contribution in [3.05, 3.63) is 17.2 Å². The molecule has 4 rings (SSSR count). The number of benzene rings is 1. The van der Waals surface area contributed by atoms with Gasteiger partial charge in [0, 0.05) is 38.2 Å². The van der Waals surface area contributed by atoms with E-state index in [2.05, 4.69) is 5.32 Å². The fraction of sp³-hybridized carbons (Fsp3) is 0.556. The zero-order valence-corrected chi connectivity index (χ0v) is 17.1. The number of amides is 2. The van der Waals surface area contributed by atoms with Crippen LogP contribution in [0.1, 0.15) is 26.2 Å². The number of hydrogen-bond acceptors (Lipinski definition) is 5. The van der Waals surface area contributed by atoms with Crippen molar-refractivity contribution in [3.63, 3.8) is 0 Å². The summed E-state index contributed by atoms with van der Waals surface area (Å²) >= 11 is 6.22. The molecule has 0 aromatic heterocycles. The van der Waals surface area contributed by atoms with Gasteiger partial charge in [-0.05, 0) is 25.8 Å². The summed E-state index contributed by atoms with van der Waals surface area (Å²) in [5.41, 5.74) is 0.350. The first-order valence-corrected chi connectivity index (χ1v) is 11.2. The van der Waals surface area contributed by atoms with E-state index in [0.717, 1.165) is 19.3 Å². The summed E-state index contributed by atoms with van der Waals surface area (Å²) in [6.45, 7) is 2.78. The minimum absolute atomic E-state index is 0.0187. The Bertz CT molecular complexity index is 923. The molecule has 0 spiro atoms. The number of anilines is 1. The van der Waals surface area contributed by atoms with Crippen LogP contribution in [-0.2, 0) is 19.6 Å². The summed E-state index contributed by atoms with van der Waals surface area (Å²) in [6, 6.07) is 2.75. The first-order chi connectivity index (χ1) is 13.3. The van der Waals surface area contributed by atoms with Crippen molar-refractivity contribution in [2.75, 3.05) is 31.5 Å². The van der Waals surface area contributed by atoms with Crippen LogP contribution in [-0.4, -0.2) is 61.7 Å². The predicted octanol–water partition coefficient (Wildman–Crippen LogP) is 1.69. The number of nitrogens with zero attached hydrogens (tertiary/aromatic N) is 2. The number of halogens is 1. The topological polar surface area (TPSA) is 96.0 Å². The molecular weight excluding hydrogens is 406 g/mol. The molecule has 28 heavy (non-hydrogen) atoms. The Morgan fingerprint density at radius 2 is 1.89 bits per heavy atom. The monoisotopic (exact) mass is 427 g/mol. The Morgan fingerprint density at radius 1 is 1.21 bits per heavy atom. The van der Waals surface area contributed by atoms with Gasteiger partial charge in [-0.15, -0.1) is 0 Å². The first kappa shape index (κ1) is 19.5. The maximum atomic E-state index is 13.1. The van der Waals surface area contributed by atoms with Crippen LogP contribution in [0, 0.1) is 5.92 Å². The third-order valence-electron chi connectivity index (χ3n) is 5.59. The average Bonchev–Trinajstić information content (AvgIpc) is 2.61. The molecule has 10 heteroatoms. The Kier molecular flexibility index (Phi) is 5.01. The van der Waals surface area contributed by atoms with E-state index in [1.807, 2.05) is 0 Å². The first-order valence-electron chi connectivity index (χ1n) is 9.37. The van der Waals surface area contributed by atoms with E-state index in [1.165, 1.54) is 16.4 Å². The van der Waals surface area contributed by atoms with Crippen molar-refractivity contribution in [1.82, 2.24) is 9.21 Å². The second-order valence-electron chi connectivity index (χ2n) is 7.39. The van der Waals surface area contributed by atoms with Gasteiger partial charge >= 0.3 is 0 Å². The molecular formula is C18H22ClN3O5S. The van der Waals surface area contributed by atoms with Crippen molar-refractivity contribution in [2.45, 2.75) is 37.2 Å². The summed E-state index contributed by atoms with van der Waals surface area (Å²) in [5, 5.41) is 2.67. The molecule has 152 valence electrons. The molecule has 1 atom stereocenters. The lowest BCUT2D eigenvalue weighted by molar-refractivity contribution is -0.139. The Hall–Kier alpha value is -1.84. The van der Waals surface area contributed by atoms with Gasteiger partial charge in [0.2, 0.25) is 15.9 Å². The van der Waals surface area contributed by atoms with Gasteiger partial charge in [-0.3, -0.25) is 9.59 Å². The number of fused-ring (bicyclic) bond motifs is 1. The lowest BCUT2D eigenvalue weighted by Gasteiger charge is -2.37. The van der Waals surface area contributed by atoms with Gasteiger partial charge in [0.1, 0.15) is 10.6 Å². The zero-order valence-electron chi connectivity index (χ0n) is 15.5. The average molecular weight is 428 g/mol. The van der Waals surface area contributed by atoms with Crippen LogP contribution >= 0.6 is 11.6 Å². The van der Waals surface area contributed by atoms with Crippen molar-refractivity contribution in [3.8, 4) is 5.75 Å². The maximum Gasteiger partial charge on any atom is 0.265 e. The SMILES string of the molecule is C[C@H]1Oc2cc(S(=O)(=O)N3CCN(C(=O)C4CCC4)CC3)c(Cl)cc2NC1=O. The van der Waals surface area contributed by atoms with Crippen LogP contribution in [0.15, 0.2) is 17.0 Å². The molecule has 1 aromatic rings. The zero-order chi connectivity index (χ0) is 20.1. The van der Waals surface area contributed by atoms with E-state index < -0.39 is 16.1 Å². The molecule has 1 saturated carbocycles. The molecule has 1 N–H and O–H groups in total. The predicted molar refractivity (Wildman–Crippen MR) is 103 cm³/mol. The van der Waals surface area contributed by atoms with Crippen LogP contribution in [0.3, 0.4) is 0 Å². The normalized spacial score (nSPS) is 23.4. The lowest BCUT2D eigenvalue weighted by atomic mass is 9.84. The summed E-state index contributed by atoms with van der Waals surface area (Å²) in [6.07, 6.45) is 2.22. The van der Waals surface area contributed by atoms with E-state index in [0.29, 0.717) is 18.8 Å². The number of piperazine rings is 1. The van der Waals surface area contributed by atoms with E-state index >= 15 is 0 Å². The van der Waals surface area contributed by atoms with Crippen LogP contribution in [0.25, 0.3) is 0 Å². The standard InChI is InChI=1S/C18H22ClN3O5S/c1-11-17(23)20-14-9-13(19)16(10-15(14)27-11)28(25,26)22-7-5-21(6-8-22)18(24)12-3-2-4-12/h9-12H,2-8H2,1H3,(H,20,23)/t11-/m1/s1. The van der Waals surface area contributed by atoms with Gasteiger partial charge in [0.25, 0.3) is 5.91 Å². The molecule has 0 bridgehead atoms. The molecule has 0 unspecified atom stereocenters. The Morgan fingerprint density at radius 3 is 2.50 bits per heavy atom. The fourth-order valence-corrected chi connectivity index (χ4v) is 5.55. The minimum atomic E-state index is -3.85. The van der Waals surface area contributed by atoms with Gasteiger partial charge in [-0.2, -0.15) is 4.31 Å². The highest BCUT2D eigenvalue weighted by Crippen LogP contribution is 2.38. The Balaban J connectivity index is 1.52. The summed E-state index contributed by atoms with van der Waals surface area (Å²) in [7, 11) is -3.85. The molecule has 0 radical (unpaired) electrons. The minimum Gasteiger partial charge on any atom is -0.479 e. The number of nitrogens with one attached hydrogen (secondary N) is 1.